The first-order valence-corrected chi connectivity index (χ1v) is 7.47. The first-order chi connectivity index (χ1) is 9.38. The summed E-state index contributed by atoms with van der Waals surface area (Å²) in [6.45, 7) is 5.66. The lowest BCUT2D eigenvalue weighted by molar-refractivity contribution is 0.199. The molecule has 0 radical (unpaired) electrons. The summed E-state index contributed by atoms with van der Waals surface area (Å²) in [4.78, 5) is 0. The van der Waals surface area contributed by atoms with Gasteiger partial charge in [0.1, 0.15) is 11.5 Å². The van der Waals surface area contributed by atoms with E-state index in [1.54, 1.807) is 6.92 Å². The molecule has 0 unspecified atom stereocenters. The van der Waals surface area contributed by atoms with Crippen molar-refractivity contribution in [2.75, 3.05) is 0 Å². The van der Waals surface area contributed by atoms with Crippen LogP contribution in [0.1, 0.15) is 29.7 Å². The fraction of sp³-hybridized carbons (Fsp3) is 0.250. The molecular formula is C16H16BrClO2. The van der Waals surface area contributed by atoms with Gasteiger partial charge in [-0.25, -0.2) is 0 Å². The quantitative estimate of drug-likeness (QED) is 0.780. The Bertz CT molecular complexity index is 615. The lowest BCUT2D eigenvalue weighted by Crippen LogP contribution is -1.95. The molecule has 4 heteroatoms. The molecule has 2 aromatic rings. The predicted molar refractivity (Wildman–Crippen MR) is 85.8 cm³/mol. The second-order valence-corrected chi connectivity index (χ2v) is 6.13. The van der Waals surface area contributed by atoms with Crippen LogP contribution in [-0.2, 0) is 0 Å². The van der Waals surface area contributed by atoms with Crippen LogP contribution in [0.2, 0.25) is 5.02 Å². The van der Waals surface area contributed by atoms with E-state index in [-0.39, 0.29) is 0 Å². The van der Waals surface area contributed by atoms with Gasteiger partial charge in [-0.1, -0.05) is 17.7 Å². The second-order valence-electron chi connectivity index (χ2n) is 4.84. The summed E-state index contributed by atoms with van der Waals surface area (Å²) in [5.41, 5.74) is 2.82. The number of benzene rings is 2. The lowest BCUT2D eigenvalue weighted by Gasteiger charge is -2.14. The molecule has 0 aliphatic carbocycles. The van der Waals surface area contributed by atoms with Crippen LogP contribution in [0.5, 0.6) is 11.5 Å². The summed E-state index contributed by atoms with van der Waals surface area (Å²) in [7, 11) is 0. The summed E-state index contributed by atoms with van der Waals surface area (Å²) in [5, 5.41) is 10.3. The van der Waals surface area contributed by atoms with Gasteiger partial charge in [-0.15, -0.1) is 0 Å². The number of aryl methyl sites for hydroxylation is 2. The van der Waals surface area contributed by atoms with Crippen LogP contribution >= 0.6 is 27.5 Å². The number of halogens is 2. The maximum Gasteiger partial charge on any atom is 0.141 e. The Morgan fingerprint density at radius 1 is 1.15 bits per heavy atom. The fourth-order valence-corrected chi connectivity index (χ4v) is 2.83. The van der Waals surface area contributed by atoms with E-state index in [2.05, 4.69) is 15.9 Å². The van der Waals surface area contributed by atoms with Gasteiger partial charge in [0.05, 0.1) is 10.6 Å². The number of rotatable bonds is 3. The van der Waals surface area contributed by atoms with Crippen molar-refractivity contribution in [2.45, 2.75) is 26.9 Å². The number of ether oxygens (including phenoxy) is 1. The number of hydrogen-bond donors (Lipinski definition) is 1. The van der Waals surface area contributed by atoms with Gasteiger partial charge in [-0.2, -0.15) is 0 Å². The highest BCUT2D eigenvalue weighted by Crippen LogP contribution is 2.36. The molecule has 0 amide bonds. The molecular weight excluding hydrogens is 340 g/mol. The Kier molecular flexibility index (Phi) is 4.74. The standard InChI is InChI=1S/C16H16BrClO2/c1-9-6-13(18)7-10(2)16(9)20-15-5-4-12(11(3)19)8-14(15)17/h4-8,11,19H,1-3H3/t11-/m1/s1. The Morgan fingerprint density at radius 2 is 1.75 bits per heavy atom. The smallest absolute Gasteiger partial charge is 0.141 e. The van der Waals surface area contributed by atoms with Gasteiger partial charge < -0.3 is 9.84 Å². The molecule has 0 aliphatic heterocycles. The zero-order chi connectivity index (χ0) is 14.9. The first kappa shape index (κ1) is 15.4. The van der Waals surface area contributed by atoms with E-state index >= 15 is 0 Å². The minimum absolute atomic E-state index is 0.501. The van der Waals surface area contributed by atoms with E-state index in [9.17, 15) is 5.11 Å². The summed E-state index contributed by atoms with van der Waals surface area (Å²) >= 11 is 9.49. The zero-order valence-corrected chi connectivity index (χ0v) is 13.9. The van der Waals surface area contributed by atoms with Gasteiger partial charge in [0.2, 0.25) is 0 Å². The highest BCUT2D eigenvalue weighted by molar-refractivity contribution is 9.10. The zero-order valence-electron chi connectivity index (χ0n) is 11.6. The monoisotopic (exact) mass is 354 g/mol. The maximum atomic E-state index is 9.57. The van der Waals surface area contributed by atoms with E-state index in [0.717, 1.165) is 26.9 Å². The largest absolute Gasteiger partial charge is 0.456 e. The molecule has 0 spiro atoms. The summed E-state index contributed by atoms with van der Waals surface area (Å²) in [6.07, 6.45) is -0.501. The average Bonchev–Trinajstić information content (AvgIpc) is 2.34. The highest BCUT2D eigenvalue weighted by Gasteiger charge is 2.11. The third-order valence-corrected chi connectivity index (χ3v) is 3.91. The van der Waals surface area contributed by atoms with Crippen LogP contribution in [0.3, 0.4) is 0 Å². The number of aliphatic hydroxyl groups is 1. The van der Waals surface area contributed by atoms with Crippen molar-refractivity contribution in [3.05, 3.63) is 56.5 Å². The topological polar surface area (TPSA) is 29.5 Å². The van der Waals surface area contributed by atoms with E-state index in [0.29, 0.717) is 10.8 Å². The Balaban J connectivity index is 2.36. The molecule has 0 aromatic heterocycles. The Labute approximate surface area is 132 Å². The molecule has 2 rings (SSSR count). The van der Waals surface area contributed by atoms with Crippen LogP contribution in [0.4, 0.5) is 0 Å². The second kappa shape index (κ2) is 6.17. The minimum Gasteiger partial charge on any atom is -0.456 e. The Hall–Kier alpha value is -1.03. The van der Waals surface area contributed by atoms with Crippen molar-refractivity contribution in [1.82, 2.24) is 0 Å². The fourth-order valence-electron chi connectivity index (χ4n) is 2.03. The van der Waals surface area contributed by atoms with Crippen molar-refractivity contribution >= 4 is 27.5 Å². The molecule has 0 fully saturated rings. The van der Waals surface area contributed by atoms with Crippen molar-refractivity contribution in [2.24, 2.45) is 0 Å². The van der Waals surface area contributed by atoms with Crippen LogP contribution in [0.25, 0.3) is 0 Å². The highest BCUT2D eigenvalue weighted by atomic mass is 79.9. The molecule has 0 saturated heterocycles. The molecule has 0 aliphatic rings. The molecule has 0 saturated carbocycles. The lowest BCUT2D eigenvalue weighted by atomic mass is 10.1. The van der Waals surface area contributed by atoms with Crippen molar-refractivity contribution < 1.29 is 9.84 Å². The molecule has 1 atom stereocenters. The minimum atomic E-state index is -0.501. The predicted octanol–water partition coefficient (Wildman–Crippen LogP) is 5.56. The molecule has 2 aromatic carbocycles. The SMILES string of the molecule is Cc1cc(Cl)cc(C)c1Oc1ccc([C@@H](C)O)cc1Br. The van der Waals surface area contributed by atoms with Gasteiger partial charge in [0.15, 0.2) is 0 Å². The van der Waals surface area contributed by atoms with Gasteiger partial charge in [-0.3, -0.25) is 0 Å². The van der Waals surface area contributed by atoms with Crippen LogP contribution < -0.4 is 4.74 Å². The molecule has 106 valence electrons. The van der Waals surface area contributed by atoms with Crippen molar-refractivity contribution in [3.8, 4) is 11.5 Å². The number of aliphatic hydroxyl groups excluding tert-OH is 1. The van der Waals surface area contributed by atoms with E-state index in [1.807, 2.05) is 44.2 Å². The molecule has 20 heavy (non-hydrogen) atoms. The van der Waals surface area contributed by atoms with E-state index in [1.165, 1.54) is 0 Å². The van der Waals surface area contributed by atoms with Crippen LogP contribution in [0.15, 0.2) is 34.8 Å². The van der Waals surface area contributed by atoms with Crippen LogP contribution in [0, 0.1) is 13.8 Å². The van der Waals surface area contributed by atoms with E-state index in [4.69, 9.17) is 16.3 Å². The summed E-state index contributed by atoms with van der Waals surface area (Å²) in [6, 6.07) is 9.31. The third kappa shape index (κ3) is 3.35. The van der Waals surface area contributed by atoms with E-state index < -0.39 is 6.10 Å². The summed E-state index contributed by atoms with van der Waals surface area (Å²) in [5.74, 6) is 1.52. The normalized spacial score (nSPS) is 12.3. The van der Waals surface area contributed by atoms with Crippen molar-refractivity contribution in [1.29, 1.82) is 0 Å². The molecule has 1 N–H and O–H groups in total. The van der Waals surface area contributed by atoms with Crippen molar-refractivity contribution in [3.63, 3.8) is 0 Å². The Morgan fingerprint density at radius 3 is 2.25 bits per heavy atom. The summed E-state index contributed by atoms with van der Waals surface area (Å²) < 4.78 is 6.78. The van der Waals surface area contributed by atoms with Gasteiger partial charge >= 0.3 is 0 Å². The molecule has 2 nitrogen and oxygen atoms in total. The maximum absolute atomic E-state index is 9.57. The van der Waals surface area contributed by atoms with Gasteiger partial charge in [0.25, 0.3) is 0 Å². The molecule has 0 heterocycles. The van der Waals surface area contributed by atoms with Crippen LogP contribution in [-0.4, -0.2) is 5.11 Å². The van der Waals surface area contributed by atoms with Gasteiger partial charge in [0, 0.05) is 5.02 Å². The first-order valence-electron chi connectivity index (χ1n) is 6.30. The van der Waals surface area contributed by atoms with Gasteiger partial charge in [-0.05, 0) is 77.7 Å². The number of hydrogen-bond acceptors (Lipinski definition) is 2. The third-order valence-electron chi connectivity index (χ3n) is 3.08. The molecule has 0 bridgehead atoms. The average molecular weight is 356 g/mol.